The second kappa shape index (κ2) is 3.59. The summed E-state index contributed by atoms with van der Waals surface area (Å²) in [6.07, 6.45) is 4.69. The number of hydrogen-bond acceptors (Lipinski definition) is 4. The molecule has 0 aliphatic heterocycles. The van der Waals surface area contributed by atoms with Crippen LogP contribution in [0.5, 0.6) is 0 Å². The van der Waals surface area contributed by atoms with Crippen LogP contribution in [0.2, 0.25) is 5.15 Å². The lowest BCUT2D eigenvalue weighted by Crippen LogP contribution is -1.92. The number of anilines is 1. The smallest absolute Gasteiger partial charge is 0.156 e. The van der Waals surface area contributed by atoms with E-state index in [4.69, 9.17) is 17.3 Å². The highest BCUT2D eigenvalue weighted by Gasteiger charge is 2.06. The van der Waals surface area contributed by atoms with E-state index in [1.54, 1.807) is 24.5 Å². The van der Waals surface area contributed by atoms with Crippen LogP contribution in [0.1, 0.15) is 0 Å². The van der Waals surface area contributed by atoms with Crippen molar-refractivity contribution in [2.75, 3.05) is 5.73 Å². The van der Waals surface area contributed by atoms with Gasteiger partial charge >= 0.3 is 0 Å². The molecule has 0 amide bonds. The van der Waals surface area contributed by atoms with E-state index in [9.17, 15) is 0 Å². The van der Waals surface area contributed by atoms with E-state index >= 15 is 0 Å². The Morgan fingerprint density at radius 1 is 1.07 bits per heavy atom. The minimum Gasteiger partial charge on any atom is -0.399 e. The van der Waals surface area contributed by atoms with Crippen molar-refractivity contribution in [3.63, 3.8) is 0 Å². The molecule has 14 heavy (non-hydrogen) atoms. The summed E-state index contributed by atoms with van der Waals surface area (Å²) in [5.74, 6) is 0. The highest BCUT2D eigenvalue weighted by Crippen LogP contribution is 2.22. The van der Waals surface area contributed by atoms with Gasteiger partial charge < -0.3 is 5.73 Å². The van der Waals surface area contributed by atoms with E-state index < -0.39 is 0 Å². The van der Waals surface area contributed by atoms with E-state index in [1.165, 1.54) is 6.20 Å². The normalized spacial score (nSPS) is 10.1. The Balaban J connectivity index is 2.55. The largest absolute Gasteiger partial charge is 0.399 e. The third kappa shape index (κ3) is 1.65. The maximum absolute atomic E-state index is 5.86. The van der Waals surface area contributed by atoms with Crippen molar-refractivity contribution in [3.8, 4) is 11.4 Å². The molecule has 2 aromatic heterocycles. The van der Waals surface area contributed by atoms with E-state index in [2.05, 4.69) is 15.0 Å². The number of hydrogen-bond donors (Lipinski definition) is 1. The summed E-state index contributed by atoms with van der Waals surface area (Å²) in [4.78, 5) is 12.1. The highest BCUT2D eigenvalue weighted by molar-refractivity contribution is 6.31. The number of rotatable bonds is 1. The molecule has 0 aliphatic carbocycles. The van der Waals surface area contributed by atoms with Crippen molar-refractivity contribution in [1.82, 2.24) is 15.0 Å². The molecule has 0 bridgehead atoms. The Morgan fingerprint density at radius 3 is 2.57 bits per heavy atom. The molecule has 0 fully saturated rings. The second-order valence-electron chi connectivity index (χ2n) is 2.67. The van der Waals surface area contributed by atoms with Crippen LogP contribution in [0.3, 0.4) is 0 Å². The van der Waals surface area contributed by atoms with Crippen LogP contribution in [0.25, 0.3) is 11.4 Å². The molecule has 0 radical (unpaired) electrons. The molecule has 2 N–H and O–H groups in total. The maximum atomic E-state index is 5.86. The Kier molecular flexibility index (Phi) is 2.28. The molecule has 70 valence electrons. The predicted molar refractivity (Wildman–Crippen MR) is 54.7 cm³/mol. The number of pyridine rings is 1. The molecule has 2 aromatic rings. The number of nitrogen functional groups attached to an aromatic ring is 1. The second-order valence-corrected chi connectivity index (χ2v) is 3.03. The lowest BCUT2D eigenvalue weighted by Gasteiger charge is -2.01. The summed E-state index contributed by atoms with van der Waals surface area (Å²) in [7, 11) is 0. The first-order valence-electron chi connectivity index (χ1n) is 3.96. The van der Waals surface area contributed by atoms with Crippen molar-refractivity contribution < 1.29 is 0 Å². The summed E-state index contributed by atoms with van der Waals surface area (Å²) >= 11 is 5.86. The maximum Gasteiger partial charge on any atom is 0.156 e. The molecule has 0 atom stereocenters. The minimum absolute atomic E-state index is 0.325. The van der Waals surface area contributed by atoms with Gasteiger partial charge in [-0.1, -0.05) is 11.6 Å². The lowest BCUT2D eigenvalue weighted by molar-refractivity contribution is 1.18. The Morgan fingerprint density at radius 2 is 1.86 bits per heavy atom. The van der Waals surface area contributed by atoms with Gasteiger partial charge in [-0.3, -0.25) is 4.98 Å². The third-order valence-corrected chi connectivity index (χ3v) is 1.96. The van der Waals surface area contributed by atoms with Gasteiger partial charge in [0.25, 0.3) is 0 Å². The molecule has 2 rings (SSSR count). The zero-order chi connectivity index (χ0) is 9.97. The monoisotopic (exact) mass is 206 g/mol. The van der Waals surface area contributed by atoms with Crippen LogP contribution in [0.4, 0.5) is 5.69 Å². The third-order valence-electron chi connectivity index (χ3n) is 1.68. The van der Waals surface area contributed by atoms with Gasteiger partial charge in [-0.15, -0.1) is 0 Å². The molecule has 0 unspecified atom stereocenters. The fraction of sp³-hybridized carbons (Fsp3) is 0. The van der Waals surface area contributed by atoms with Gasteiger partial charge in [0, 0.05) is 24.3 Å². The molecule has 5 heteroatoms. The zero-order valence-corrected chi connectivity index (χ0v) is 7.94. The van der Waals surface area contributed by atoms with Crippen LogP contribution < -0.4 is 5.73 Å². The first-order valence-corrected chi connectivity index (χ1v) is 4.33. The number of halogens is 1. The summed E-state index contributed by atoms with van der Waals surface area (Å²) in [5.41, 5.74) is 7.41. The summed E-state index contributed by atoms with van der Waals surface area (Å²) in [6.45, 7) is 0. The number of aromatic nitrogens is 3. The van der Waals surface area contributed by atoms with Gasteiger partial charge in [-0.25, -0.2) is 9.97 Å². The van der Waals surface area contributed by atoms with E-state index in [0.29, 0.717) is 22.2 Å². The van der Waals surface area contributed by atoms with Gasteiger partial charge in [0.2, 0.25) is 0 Å². The predicted octanol–water partition coefficient (Wildman–Crippen LogP) is 1.77. The molecule has 2 heterocycles. The average Bonchev–Trinajstić information content (AvgIpc) is 2.18. The summed E-state index contributed by atoms with van der Waals surface area (Å²) in [6, 6.07) is 3.41. The molecule has 0 saturated heterocycles. The zero-order valence-electron chi connectivity index (χ0n) is 7.18. The van der Waals surface area contributed by atoms with Crippen molar-refractivity contribution in [1.29, 1.82) is 0 Å². The van der Waals surface area contributed by atoms with Crippen molar-refractivity contribution in [3.05, 3.63) is 35.9 Å². The van der Waals surface area contributed by atoms with E-state index in [1.807, 2.05) is 0 Å². The van der Waals surface area contributed by atoms with Crippen LogP contribution in [-0.2, 0) is 0 Å². The summed E-state index contributed by atoms with van der Waals surface area (Å²) in [5, 5.41) is 0.325. The minimum atomic E-state index is 0.325. The SMILES string of the molecule is Nc1ccnc(-c2nccnc2Cl)c1. The van der Waals surface area contributed by atoms with Gasteiger partial charge in [-0.05, 0) is 12.1 Å². The Bertz CT molecular complexity index is 458. The fourth-order valence-corrected chi connectivity index (χ4v) is 1.27. The number of nitrogens with zero attached hydrogens (tertiary/aromatic N) is 3. The van der Waals surface area contributed by atoms with Crippen LogP contribution in [-0.4, -0.2) is 15.0 Å². The topological polar surface area (TPSA) is 64.7 Å². The first kappa shape index (κ1) is 8.90. The van der Waals surface area contributed by atoms with Crippen LogP contribution >= 0.6 is 11.6 Å². The Labute approximate surface area is 85.8 Å². The highest BCUT2D eigenvalue weighted by atomic mass is 35.5. The lowest BCUT2D eigenvalue weighted by atomic mass is 10.2. The van der Waals surface area contributed by atoms with Crippen molar-refractivity contribution in [2.45, 2.75) is 0 Å². The van der Waals surface area contributed by atoms with Gasteiger partial charge in [0.15, 0.2) is 5.15 Å². The van der Waals surface area contributed by atoms with Crippen LogP contribution in [0.15, 0.2) is 30.7 Å². The molecular formula is C9H7ClN4. The van der Waals surface area contributed by atoms with E-state index in [-0.39, 0.29) is 0 Å². The quantitative estimate of drug-likeness (QED) is 0.773. The number of nitrogens with two attached hydrogens (primary N) is 1. The first-order chi connectivity index (χ1) is 6.77. The van der Waals surface area contributed by atoms with Gasteiger partial charge in [0.1, 0.15) is 5.69 Å². The van der Waals surface area contributed by atoms with Crippen LogP contribution in [0, 0.1) is 0 Å². The van der Waals surface area contributed by atoms with Gasteiger partial charge in [-0.2, -0.15) is 0 Å². The molecule has 0 saturated carbocycles. The molecule has 0 aromatic carbocycles. The average molecular weight is 207 g/mol. The molecule has 0 aliphatic rings. The molecule has 4 nitrogen and oxygen atoms in total. The summed E-state index contributed by atoms with van der Waals surface area (Å²) < 4.78 is 0. The molecular weight excluding hydrogens is 200 g/mol. The van der Waals surface area contributed by atoms with Crippen molar-refractivity contribution >= 4 is 17.3 Å². The van der Waals surface area contributed by atoms with Crippen molar-refractivity contribution in [2.24, 2.45) is 0 Å². The fourth-order valence-electron chi connectivity index (χ4n) is 1.07. The molecule has 0 spiro atoms. The van der Waals surface area contributed by atoms with E-state index in [0.717, 1.165) is 0 Å². The van der Waals surface area contributed by atoms with Gasteiger partial charge in [0.05, 0.1) is 5.69 Å². The standard InChI is InChI=1S/C9H7ClN4/c10-9-8(13-3-4-14-9)7-5-6(11)1-2-12-7/h1-5H,(H2,11,12). The Hall–Kier alpha value is -1.68.